The van der Waals surface area contributed by atoms with Gasteiger partial charge in [0.1, 0.15) is 30.1 Å². The topological polar surface area (TPSA) is 145 Å². The highest BCUT2D eigenvalue weighted by Crippen LogP contribution is 2.30. The second-order valence-corrected chi connectivity index (χ2v) is 7.61. The molecule has 1 fully saturated rings. The largest absolute Gasteiger partial charge is 0.388 e. The first-order chi connectivity index (χ1) is 14.3. The summed E-state index contributed by atoms with van der Waals surface area (Å²) in [6.45, 7) is 2.93. The number of hydrogen-bond donors (Lipinski definition) is 5. The number of carbonyl (C=O) groups is 1. The number of para-hydroxylation sites is 1. The van der Waals surface area contributed by atoms with Crippen molar-refractivity contribution in [1.82, 2.24) is 9.97 Å². The lowest BCUT2D eigenvalue weighted by molar-refractivity contribution is -0.295. The van der Waals surface area contributed by atoms with Gasteiger partial charge in [0.05, 0.1) is 18.2 Å². The summed E-state index contributed by atoms with van der Waals surface area (Å²) in [6.07, 6.45) is -6.31. The van der Waals surface area contributed by atoms with Crippen LogP contribution in [0.15, 0.2) is 30.5 Å². The average Bonchev–Trinajstić information content (AvgIpc) is 3.13. The predicted octanol–water partition coefficient (Wildman–Crippen LogP) is 0.412. The number of fused-ring (bicyclic) bond motifs is 3. The summed E-state index contributed by atoms with van der Waals surface area (Å²) in [5.41, 5.74) is 2.35. The quantitative estimate of drug-likeness (QED) is 0.376. The molecular weight excluding hydrogens is 392 g/mol. The average molecular weight is 416 g/mol. The van der Waals surface area contributed by atoms with Crippen molar-refractivity contribution >= 4 is 27.6 Å². The number of aromatic nitrogens is 2. The number of hydrogen-bond acceptors (Lipinski definition) is 8. The fourth-order valence-electron chi connectivity index (χ4n) is 3.78. The molecule has 9 heteroatoms. The zero-order valence-electron chi connectivity index (χ0n) is 16.5. The number of ketones is 1. The smallest absolute Gasteiger partial charge is 0.214 e. The molecule has 160 valence electrons. The molecule has 6 atom stereocenters. The standard InChI is InChI=1S/C21H24N2O7/c1-9-7-22-16(15-14(9)11-5-3-4-6-12(11)23-15)18(26)13(24)8-29-21-20(28)19(27)17(25)10(2)30-21/h3-7,10,13,17,19-21,23-25,27-28H,8H2,1-2H3/t10-,13?,17-,19+,20+,21+/m0/s1. The van der Waals surface area contributed by atoms with Crippen LogP contribution in [-0.4, -0.2) is 79.6 Å². The summed E-state index contributed by atoms with van der Waals surface area (Å²) < 4.78 is 10.6. The molecule has 3 heterocycles. The molecular formula is C21H24N2O7. The number of aromatic amines is 1. The molecule has 30 heavy (non-hydrogen) atoms. The van der Waals surface area contributed by atoms with Crippen LogP contribution >= 0.6 is 0 Å². The number of aliphatic hydroxyl groups is 4. The second-order valence-electron chi connectivity index (χ2n) is 7.61. The zero-order valence-corrected chi connectivity index (χ0v) is 16.5. The van der Waals surface area contributed by atoms with Crippen molar-refractivity contribution < 1.29 is 34.7 Å². The van der Waals surface area contributed by atoms with Gasteiger partial charge in [0.15, 0.2) is 6.29 Å². The van der Waals surface area contributed by atoms with Gasteiger partial charge in [-0.3, -0.25) is 9.78 Å². The van der Waals surface area contributed by atoms with Crippen LogP contribution in [0.25, 0.3) is 21.8 Å². The van der Waals surface area contributed by atoms with Crippen LogP contribution in [0.3, 0.4) is 0 Å². The number of nitrogens with one attached hydrogen (secondary N) is 1. The Labute approximate surface area is 171 Å². The minimum Gasteiger partial charge on any atom is -0.388 e. The van der Waals surface area contributed by atoms with E-state index in [1.165, 1.54) is 6.92 Å². The number of Topliss-reactive ketones (excluding diaryl/α,β-unsaturated/α-hetero) is 1. The second kappa shape index (κ2) is 8.03. The number of aliphatic hydroxyl groups excluding tert-OH is 4. The van der Waals surface area contributed by atoms with E-state index < -0.39 is 49.2 Å². The minimum atomic E-state index is -1.56. The van der Waals surface area contributed by atoms with Gasteiger partial charge in [-0.05, 0) is 25.5 Å². The number of rotatable bonds is 5. The molecule has 0 amide bonds. The van der Waals surface area contributed by atoms with Crippen molar-refractivity contribution in [3.63, 3.8) is 0 Å². The van der Waals surface area contributed by atoms with Gasteiger partial charge in [-0.1, -0.05) is 18.2 Å². The van der Waals surface area contributed by atoms with E-state index in [1.54, 1.807) is 6.20 Å². The molecule has 9 nitrogen and oxygen atoms in total. The van der Waals surface area contributed by atoms with Crippen LogP contribution in [0, 0.1) is 6.92 Å². The number of nitrogens with zero attached hydrogens (tertiary/aromatic N) is 1. The maximum absolute atomic E-state index is 12.9. The summed E-state index contributed by atoms with van der Waals surface area (Å²) in [6, 6.07) is 7.62. The third-order valence-corrected chi connectivity index (χ3v) is 5.49. The Hall–Kier alpha value is -2.40. The number of ether oxygens (including phenoxy) is 2. The van der Waals surface area contributed by atoms with Crippen molar-refractivity contribution in [2.24, 2.45) is 0 Å². The highest BCUT2D eigenvalue weighted by atomic mass is 16.7. The Balaban J connectivity index is 1.55. The highest BCUT2D eigenvalue weighted by molar-refractivity contribution is 6.16. The maximum Gasteiger partial charge on any atom is 0.214 e. The molecule has 1 unspecified atom stereocenters. The molecule has 2 aromatic heterocycles. The molecule has 0 saturated carbocycles. The number of carbonyl (C=O) groups excluding carboxylic acids is 1. The van der Waals surface area contributed by atoms with Gasteiger partial charge >= 0.3 is 0 Å². The monoisotopic (exact) mass is 416 g/mol. The van der Waals surface area contributed by atoms with Crippen LogP contribution in [0.4, 0.5) is 0 Å². The Kier molecular flexibility index (Phi) is 5.58. The Morgan fingerprint density at radius 1 is 1.23 bits per heavy atom. The molecule has 0 bridgehead atoms. The van der Waals surface area contributed by atoms with E-state index in [1.807, 2.05) is 31.2 Å². The molecule has 1 saturated heterocycles. The van der Waals surface area contributed by atoms with E-state index in [0.717, 1.165) is 21.9 Å². The minimum absolute atomic E-state index is 0.0804. The van der Waals surface area contributed by atoms with Gasteiger partial charge in [0.25, 0.3) is 0 Å². The molecule has 5 N–H and O–H groups in total. The number of aryl methyl sites for hydroxylation is 1. The van der Waals surface area contributed by atoms with E-state index in [-0.39, 0.29) is 5.69 Å². The summed E-state index contributed by atoms with van der Waals surface area (Å²) in [5.74, 6) is -0.648. The Bertz CT molecular complexity index is 1080. The van der Waals surface area contributed by atoms with Crippen LogP contribution < -0.4 is 0 Å². The molecule has 1 aliphatic heterocycles. The molecule has 0 aliphatic carbocycles. The maximum atomic E-state index is 12.9. The van der Waals surface area contributed by atoms with Crippen molar-refractivity contribution in [1.29, 1.82) is 0 Å². The summed E-state index contributed by atoms with van der Waals surface area (Å²) >= 11 is 0. The summed E-state index contributed by atoms with van der Waals surface area (Å²) in [4.78, 5) is 20.3. The molecule has 0 radical (unpaired) electrons. The third-order valence-electron chi connectivity index (χ3n) is 5.49. The van der Waals surface area contributed by atoms with Crippen molar-refractivity contribution in [3.8, 4) is 0 Å². The van der Waals surface area contributed by atoms with E-state index in [4.69, 9.17) is 9.47 Å². The lowest BCUT2D eigenvalue weighted by Crippen LogP contribution is -2.57. The SMILES string of the molecule is Cc1cnc(C(=O)C(O)CO[C@@H]2O[C@@H](C)[C@H](O)[C@@H](O)[C@H]2O)c2[nH]c3ccccc3c12. The van der Waals surface area contributed by atoms with Crippen LogP contribution in [0.5, 0.6) is 0 Å². The van der Waals surface area contributed by atoms with E-state index in [9.17, 15) is 25.2 Å². The fraction of sp³-hybridized carbons (Fsp3) is 0.429. The summed E-state index contributed by atoms with van der Waals surface area (Å²) in [7, 11) is 0. The molecule has 1 aromatic carbocycles. The van der Waals surface area contributed by atoms with Gasteiger partial charge in [-0.25, -0.2) is 0 Å². The number of pyridine rings is 1. The summed E-state index contributed by atoms with van der Waals surface area (Å²) in [5, 5.41) is 41.8. The molecule has 4 rings (SSSR count). The Morgan fingerprint density at radius 3 is 2.73 bits per heavy atom. The first-order valence-electron chi connectivity index (χ1n) is 9.69. The molecule has 1 aliphatic rings. The van der Waals surface area contributed by atoms with Gasteiger partial charge in [-0.15, -0.1) is 0 Å². The zero-order chi connectivity index (χ0) is 21.6. The van der Waals surface area contributed by atoms with Crippen molar-refractivity contribution in [2.75, 3.05) is 6.61 Å². The van der Waals surface area contributed by atoms with Gasteiger partial charge in [0, 0.05) is 22.5 Å². The highest BCUT2D eigenvalue weighted by Gasteiger charge is 2.42. The van der Waals surface area contributed by atoms with Gasteiger partial charge in [-0.2, -0.15) is 0 Å². The number of H-pyrrole nitrogens is 1. The number of benzene rings is 1. The van der Waals surface area contributed by atoms with E-state index in [2.05, 4.69) is 9.97 Å². The van der Waals surface area contributed by atoms with Crippen molar-refractivity contribution in [3.05, 3.63) is 41.7 Å². The molecule has 3 aromatic rings. The van der Waals surface area contributed by atoms with Gasteiger partial charge in [0.2, 0.25) is 5.78 Å². The van der Waals surface area contributed by atoms with E-state index >= 15 is 0 Å². The third kappa shape index (κ3) is 3.49. The predicted molar refractivity (Wildman–Crippen MR) is 107 cm³/mol. The fourth-order valence-corrected chi connectivity index (χ4v) is 3.78. The van der Waals surface area contributed by atoms with Crippen LogP contribution in [0.2, 0.25) is 0 Å². The van der Waals surface area contributed by atoms with Gasteiger partial charge < -0.3 is 34.9 Å². The normalized spacial score (nSPS) is 28.1. The molecule has 0 spiro atoms. The van der Waals surface area contributed by atoms with Crippen molar-refractivity contribution in [2.45, 2.75) is 50.7 Å². The van der Waals surface area contributed by atoms with Crippen LogP contribution in [0.1, 0.15) is 23.0 Å². The van der Waals surface area contributed by atoms with Crippen LogP contribution in [-0.2, 0) is 9.47 Å². The Morgan fingerprint density at radius 2 is 1.97 bits per heavy atom. The first-order valence-corrected chi connectivity index (χ1v) is 9.69. The lowest BCUT2D eigenvalue weighted by atomic mass is 10.00. The first kappa shape index (κ1) is 20.9. The lowest BCUT2D eigenvalue weighted by Gasteiger charge is -2.39. The van der Waals surface area contributed by atoms with E-state index in [0.29, 0.717) is 5.52 Å².